The number of aliphatic hydroxyl groups excluding tert-OH is 1. The SMILES string of the molecule is CC(c1ccc(O)c2[nH]c(=O)ccc12)[C@@H](O)CNCc1ccc(NC(=O)CCOc2cccc(S(=O)(=O)c3ccc(C(C)[C@H](C)[C@@H](C)N4CCN(C5CCCCC5)CC4)cc3)c2)c(Cl)c1. The Morgan fingerprint density at radius 3 is 2.34 bits per heavy atom. The summed E-state index contributed by atoms with van der Waals surface area (Å²) in [4.78, 5) is 33.0. The largest absolute Gasteiger partial charge is 0.506 e. The molecule has 1 saturated carbocycles. The summed E-state index contributed by atoms with van der Waals surface area (Å²) < 4.78 is 33.3. The van der Waals surface area contributed by atoms with Crippen LogP contribution in [0.5, 0.6) is 11.5 Å². The first-order chi connectivity index (χ1) is 31.2. The Kier molecular flexibility index (Phi) is 16.1. The molecule has 4 aromatic carbocycles. The first-order valence-corrected chi connectivity index (χ1v) is 24.9. The Morgan fingerprint density at radius 2 is 1.62 bits per heavy atom. The lowest BCUT2D eigenvalue weighted by Crippen LogP contribution is -2.54. The highest BCUT2D eigenvalue weighted by Crippen LogP contribution is 2.34. The van der Waals surface area contributed by atoms with E-state index in [1.54, 1.807) is 54.6 Å². The number of benzene rings is 4. The zero-order valence-electron chi connectivity index (χ0n) is 37.9. The van der Waals surface area contributed by atoms with E-state index < -0.39 is 15.9 Å². The third-order valence-corrected chi connectivity index (χ3v) is 16.0. The molecule has 7 rings (SSSR count). The lowest BCUT2D eigenvalue weighted by Gasteiger charge is -2.44. The number of nitrogens with one attached hydrogen (secondary N) is 3. The summed E-state index contributed by atoms with van der Waals surface area (Å²) in [5, 5.41) is 28.3. The fourth-order valence-electron chi connectivity index (χ4n) is 9.48. The zero-order chi connectivity index (χ0) is 46.3. The lowest BCUT2D eigenvalue weighted by molar-refractivity contribution is -0.116. The highest BCUT2D eigenvalue weighted by Gasteiger charge is 2.31. The van der Waals surface area contributed by atoms with E-state index in [0.29, 0.717) is 45.9 Å². The van der Waals surface area contributed by atoms with Crippen molar-refractivity contribution in [3.05, 3.63) is 123 Å². The first kappa shape index (κ1) is 48.2. The van der Waals surface area contributed by atoms with Crippen LogP contribution in [-0.2, 0) is 21.2 Å². The monoisotopic (exact) mass is 925 g/mol. The number of hydrogen-bond acceptors (Lipinski definition) is 10. The summed E-state index contributed by atoms with van der Waals surface area (Å²) in [6.45, 7) is 13.9. The van der Waals surface area contributed by atoms with Gasteiger partial charge in [0.25, 0.3) is 0 Å². The van der Waals surface area contributed by atoms with Gasteiger partial charge in [0.2, 0.25) is 21.3 Å². The molecule has 5 atom stereocenters. The van der Waals surface area contributed by atoms with E-state index in [9.17, 15) is 28.2 Å². The highest BCUT2D eigenvalue weighted by molar-refractivity contribution is 7.91. The van der Waals surface area contributed by atoms with Crippen molar-refractivity contribution in [2.75, 3.05) is 44.6 Å². The number of rotatable bonds is 18. The van der Waals surface area contributed by atoms with Gasteiger partial charge in [0.05, 0.1) is 45.1 Å². The molecule has 1 amide bonds. The van der Waals surface area contributed by atoms with Crippen LogP contribution in [0.2, 0.25) is 5.02 Å². The zero-order valence-corrected chi connectivity index (χ0v) is 39.5. The topological polar surface area (TPSA) is 164 Å². The van der Waals surface area contributed by atoms with Crippen LogP contribution in [0.15, 0.2) is 106 Å². The number of sulfone groups is 1. The molecule has 0 radical (unpaired) electrons. The number of H-pyrrole nitrogens is 1. The van der Waals surface area contributed by atoms with E-state index in [1.807, 2.05) is 25.1 Å². The third kappa shape index (κ3) is 11.8. The van der Waals surface area contributed by atoms with Gasteiger partial charge in [-0.1, -0.05) is 82.0 Å². The van der Waals surface area contributed by atoms with E-state index in [4.69, 9.17) is 16.3 Å². The number of halogens is 1. The number of ether oxygens (including phenoxy) is 1. The average Bonchev–Trinajstić information content (AvgIpc) is 3.32. The molecule has 0 spiro atoms. The van der Waals surface area contributed by atoms with Gasteiger partial charge in [-0.2, -0.15) is 0 Å². The minimum Gasteiger partial charge on any atom is -0.506 e. The van der Waals surface area contributed by atoms with E-state index in [-0.39, 0.29) is 58.4 Å². The molecule has 65 heavy (non-hydrogen) atoms. The van der Waals surface area contributed by atoms with Gasteiger partial charge in [0.1, 0.15) is 11.5 Å². The molecule has 1 aliphatic carbocycles. The van der Waals surface area contributed by atoms with Gasteiger partial charge in [-0.25, -0.2) is 8.42 Å². The highest BCUT2D eigenvalue weighted by atomic mass is 35.5. The van der Waals surface area contributed by atoms with Gasteiger partial charge in [0, 0.05) is 68.7 Å². The molecular weight excluding hydrogens is 862 g/mol. The van der Waals surface area contributed by atoms with Gasteiger partial charge in [-0.3, -0.25) is 19.4 Å². The maximum atomic E-state index is 13.7. The van der Waals surface area contributed by atoms with Crippen molar-refractivity contribution >= 4 is 43.9 Å². The molecule has 5 aromatic rings. The number of piperazine rings is 1. The number of carbonyl (C=O) groups excluding carboxylic acids is 1. The van der Waals surface area contributed by atoms with E-state index in [1.165, 1.54) is 50.3 Å². The molecule has 1 aromatic heterocycles. The van der Waals surface area contributed by atoms with E-state index in [0.717, 1.165) is 48.9 Å². The minimum atomic E-state index is -3.82. The number of pyridine rings is 1. The van der Waals surface area contributed by atoms with Crippen molar-refractivity contribution in [1.29, 1.82) is 0 Å². The van der Waals surface area contributed by atoms with Crippen molar-refractivity contribution in [3.63, 3.8) is 0 Å². The Balaban J connectivity index is 0.851. The first-order valence-electron chi connectivity index (χ1n) is 23.1. The molecule has 1 saturated heterocycles. The van der Waals surface area contributed by atoms with Crippen LogP contribution in [-0.4, -0.2) is 96.8 Å². The van der Waals surface area contributed by atoms with Crippen molar-refractivity contribution in [2.45, 2.75) is 113 Å². The van der Waals surface area contributed by atoms with Crippen LogP contribution in [0.4, 0.5) is 5.69 Å². The second-order valence-corrected chi connectivity index (χ2v) is 20.4. The second kappa shape index (κ2) is 21.7. The third-order valence-electron chi connectivity index (χ3n) is 14.0. The van der Waals surface area contributed by atoms with Gasteiger partial charge in [-0.15, -0.1) is 0 Å². The van der Waals surface area contributed by atoms with E-state index >= 15 is 0 Å². The van der Waals surface area contributed by atoms with Crippen molar-refractivity contribution in [3.8, 4) is 11.5 Å². The predicted molar refractivity (Wildman–Crippen MR) is 258 cm³/mol. The maximum absolute atomic E-state index is 13.7. The molecule has 2 heterocycles. The van der Waals surface area contributed by atoms with Crippen LogP contribution < -0.4 is 20.9 Å². The molecule has 1 aliphatic heterocycles. The smallest absolute Gasteiger partial charge is 0.248 e. The number of nitrogens with zero attached hydrogens (tertiary/aromatic N) is 2. The Labute approximate surface area is 388 Å². The van der Waals surface area contributed by atoms with Crippen molar-refractivity contribution < 1.29 is 28.2 Å². The van der Waals surface area contributed by atoms with Crippen LogP contribution in [0, 0.1) is 5.92 Å². The summed E-state index contributed by atoms with van der Waals surface area (Å²) in [6.07, 6.45) is 6.04. The number of phenols is 1. The second-order valence-electron chi connectivity index (χ2n) is 18.0. The maximum Gasteiger partial charge on any atom is 0.248 e. The Morgan fingerprint density at radius 1 is 0.877 bits per heavy atom. The number of fused-ring (bicyclic) bond motifs is 1. The Bertz CT molecular complexity index is 2570. The molecule has 5 N–H and O–H groups in total. The predicted octanol–water partition coefficient (Wildman–Crippen LogP) is 8.46. The molecule has 2 fully saturated rings. The molecular formula is C51H64ClN5O7S. The summed E-state index contributed by atoms with van der Waals surface area (Å²) in [7, 11) is -3.82. The number of aromatic hydroxyl groups is 1. The van der Waals surface area contributed by atoms with Crippen molar-refractivity contribution in [1.82, 2.24) is 20.1 Å². The number of hydrogen-bond donors (Lipinski definition) is 5. The van der Waals surface area contributed by atoms with Gasteiger partial charge in [-0.05, 0) is 103 Å². The van der Waals surface area contributed by atoms with Crippen LogP contribution in [0.1, 0.15) is 94.7 Å². The van der Waals surface area contributed by atoms with Gasteiger partial charge >= 0.3 is 0 Å². The average molecular weight is 927 g/mol. The van der Waals surface area contributed by atoms with Gasteiger partial charge in [0.15, 0.2) is 0 Å². The van der Waals surface area contributed by atoms with Crippen LogP contribution in [0.3, 0.4) is 0 Å². The summed E-state index contributed by atoms with van der Waals surface area (Å²) in [5.41, 5.74) is 3.21. The molecule has 14 heteroatoms. The molecule has 0 bridgehead atoms. The molecule has 2 aliphatic rings. The van der Waals surface area contributed by atoms with Crippen LogP contribution >= 0.6 is 11.6 Å². The number of amides is 1. The normalized spacial score (nSPS) is 17.9. The number of anilines is 1. The number of aromatic amines is 1. The standard InChI is InChI=1S/C51H64ClN5O7S/c1-33(36(4)56-24-26-57(27-25-56)39-9-6-5-7-10-39)34(2)38-14-16-41(17-15-38)65(62,63)42-12-8-11-40(30-42)64-28-23-50(61)54-46-20-13-37(29-45(46)52)31-53-32-48(59)35(3)43-18-21-47(58)51-44(43)19-22-49(60)55-51/h8,11-22,29-30,33-36,39,48,53,58-59H,5-7,9-10,23-28,31-32H2,1-4H3,(H,54,61)(H,55,60)/t33-,34?,35?,36+,48-/m0/s1. The molecule has 348 valence electrons. The minimum absolute atomic E-state index is 0.00639. The fraction of sp³-hybridized carbons (Fsp3) is 0.451. The Hall–Kier alpha value is -4.76. The number of aromatic nitrogens is 1. The summed E-state index contributed by atoms with van der Waals surface area (Å²) >= 11 is 6.54. The quantitative estimate of drug-likeness (QED) is 0.0576. The summed E-state index contributed by atoms with van der Waals surface area (Å²) in [6, 6.07) is 26.4. The fourth-order valence-corrected chi connectivity index (χ4v) is 11.0. The number of carbonyl (C=O) groups is 1. The lowest BCUT2D eigenvalue weighted by atomic mass is 9.83. The molecule has 12 nitrogen and oxygen atoms in total. The molecule has 2 unspecified atom stereocenters. The van der Waals surface area contributed by atoms with Gasteiger partial charge < -0.3 is 30.6 Å². The number of aliphatic hydroxyl groups is 1. The van der Waals surface area contributed by atoms with Crippen LogP contribution in [0.25, 0.3) is 10.9 Å². The summed E-state index contributed by atoms with van der Waals surface area (Å²) in [5.74, 6) is 0.326. The van der Waals surface area contributed by atoms with Crippen molar-refractivity contribution in [2.24, 2.45) is 5.92 Å². The number of phenolic OH excluding ortho intramolecular Hbond substituents is 1. The van der Waals surface area contributed by atoms with E-state index in [2.05, 4.69) is 46.2 Å².